The van der Waals surface area contributed by atoms with Gasteiger partial charge in [0.15, 0.2) is 11.6 Å². The number of carbonyl (C=O) groups is 1. The summed E-state index contributed by atoms with van der Waals surface area (Å²) in [5.74, 6) is -0.505. The summed E-state index contributed by atoms with van der Waals surface area (Å²) in [4.78, 5) is 19.9. The Morgan fingerprint density at radius 1 is 1.19 bits per heavy atom. The van der Waals surface area contributed by atoms with Crippen LogP contribution in [0.15, 0.2) is 53.2 Å². The van der Waals surface area contributed by atoms with Crippen LogP contribution >= 0.6 is 0 Å². The zero-order valence-electron chi connectivity index (χ0n) is 23.6. The van der Waals surface area contributed by atoms with E-state index in [2.05, 4.69) is 20.3 Å². The van der Waals surface area contributed by atoms with E-state index in [4.69, 9.17) is 5.10 Å². The van der Waals surface area contributed by atoms with Crippen molar-refractivity contribution in [3.05, 3.63) is 60.3 Å². The minimum atomic E-state index is -2.13. The van der Waals surface area contributed by atoms with Crippen molar-refractivity contribution in [1.29, 1.82) is 5.26 Å². The van der Waals surface area contributed by atoms with E-state index in [0.29, 0.717) is 56.0 Å². The molecule has 11 heteroatoms. The highest BCUT2D eigenvalue weighted by atomic mass is 32.2. The number of nitriles is 1. The molecule has 3 fully saturated rings. The average Bonchev–Trinajstić information content (AvgIpc) is 3.65. The van der Waals surface area contributed by atoms with Crippen molar-refractivity contribution in [3.8, 4) is 23.0 Å². The Kier molecular flexibility index (Phi) is 7.60. The number of hydrogen-bond donors (Lipinski definition) is 0. The molecule has 3 atom stereocenters. The maximum atomic E-state index is 14.8. The predicted octanol–water partition coefficient (Wildman–Crippen LogP) is 5.48. The molecule has 0 bridgehead atoms. The Labute approximate surface area is 244 Å². The quantitative estimate of drug-likeness (QED) is 0.360. The third-order valence-electron chi connectivity index (χ3n) is 9.09. The maximum Gasteiger partial charge on any atom is 0.189 e. The third-order valence-corrected chi connectivity index (χ3v) is 11.4. The third kappa shape index (κ3) is 5.56. The molecule has 2 saturated carbocycles. The van der Waals surface area contributed by atoms with Crippen LogP contribution in [-0.4, -0.2) is 62.6 Å². The van der Waals surface area contributed by atoms with Gasteiger partial charge in [-0.1, -0.05) is 12.1 Å². The summed E-state index contributed by atoms with van der Waals surface area (Å²) in [6.07, 6.45) is 4.48. The number of pyridine rings is 1. The summed E-state index contributed by atoms with van der Waals surface area (Å²) >= 11 is 0. The second-order valence-electron chi connectivity index (χ2n) is 11.7. The topological polar surface area (TPSA) is 104 Å². The second-order valence-corrected chi connectivity index (χ2v) is 14.5. The highest BCUT2D eigenvalue weighted by Crippen LogP contribution is 2.51. The van der Waals surface area contributed by atoms with Gasteiger partial charge in [0, 0.05) is 83.3 Å². The molecule has 6 rings (SSSR count). The van der Waals surface area contributed by atoms with Crippen molar-refractivity contribution in [2.75, 3.05) is 36.5 Å². The van der Waals surface area contributed by atoms with Crippen molar-refractivity contribution < 1.29 is 17.8 Å². The Balaban J connectivity index is 1.36. The van der Waals surface area contributed by atoms with Gasteiger partial charge < -0.3 is 4.90 Å². The first kappa shape index (κ1) is 28.5. The zero-order valence-corrected chi connectivity index (χ0v) is 24.4. The van der Waals surface area contributed by atoms with Crippen LogP contribution in [0, 0.1) is 28.5 Å². The SMILES string of the molecule is CN=S1(=O)CCN(c2ccc(-c3cn(-c4ncccc4F)nc3[C@@H]3CC[C@H](F)C[C@H]3C(=O)CC3(C#N)CC3)cc2)CC1. The number of Topliss-reactive ketones (excluding diaryl/α,β-unsaturated/α-hetero) is 1. The van der Waals surface area contributed by atoms with E-state index < -0.39 is 33.1 Å². The maximum absolute atomic E-state index is 14.8. The van der Waals surface area contributed by atoms with Crippen molar-refractivity contribution in [2.24, 2.45) is 15.7 Å². The van der Waals surface area contributed by atoms with Crippen molar-refractivity contribution >= 4 is 21.2 Å². The molecule has 3 aliphatic rings. The van der Waals surface area contributed by atoms with Gasteiger partial charge in [0.2, 0.25) is 0 Å². The fraction of sp³-hybridized carbons (Fsp3) is 0.484. The lowest BCUT2D eigenvalue weighted by Crippen LogP contribution is -2.40. The monoisotopic (exact) mass is 592 g/mol. The van der Waals surface area contributed by atoms with Gasteiger partial charge in [-0.3, -0.25) is 4.79 Å². The number of anilines is 1. The van der Waals surface area contributed by atoms with Gasteiger partial charge in [-0.15, -0.1) is 0 Å². The fourth-order valence-electron chi connectivity index (χ4n) is 6.30. The molecule has 42 heavy (non-hydrogen) atoms. The molecule has 8 nitrogen and oxygen atoms in total. The van der Waals surface area contributed by atoms with Gasteiger partial charge in [0.05, 0.1) is 17.2 Å². The Morgan fingerprint density at radius 2 is 1.93 bits per heavy atom. The number of carbonyl (C=O) groups excluding carboxylic acids is 1. The molecule has 1 saturated heterocycles. The Morgan fingerprint density at radius 3 is 2.57 bits per heavy atom. The Bertz CT molecular complexity index is 1640. The first-order valence-corrected chi connectivity index (χ1v) is 16.3. The van der Waals surface area contributed by atoms with E-state index in [0.717, 1.165) is 16.8 Å². The lowest BCUT2D eigenvalue weighted by atomic mass is 9.72. The molecular formula is C31H34F2N6O2S. The summed E-state index contributed by atoms with van der Waals surface area (Å²) in [6.45, 7) is 1.30. The number of hydrogen-bond acceptors (Lipinski definition) is 7. The zero-order chi connectivity index (χ0) is 29.5. The van der Waals surface area contributed by atoms with E-state index in [9.17, 15) is 23.0 Å². The molecule has 1 aromatic carbocycles. The molecule has 0 N–H and O–H groups in total. The van der Waals surface area contributed by atoms with Gasteiger partial charge in [-0.25, -0.2) is 27.0 Å². The normalized spacial score (nSPS) is 24.5. The molecule has 3 aromatic rings. The average molecular weight is 593 g/mol. The number of rotatable bonds is 7. The lowest BCUT2D eigenvalue weighted by Gasteiger charge is -2.32. The predicted molar refractivity (Wildman–Crippen MR) is 157 cm³/mol. The van der Waals surface area contributed by atoms with Crippen LogP contribution in [0.3, 0.4) is 0 Å². The number of nitrogens with zero attached hydrogens (tertiary/aromatic N) is 6. The van der Waals surface area contributed by atoms with Crippen LogP contribution < -0.4 is 4.90 Å². The molecule has 0 spiro atoms. The van der Waals surface area contributed by atoms with E-state index in [1.54, 1.807) is 13.2 Å². The summed E-state index contributed by atoms with van der Waals surface area (Å²) in [5, 5.41) is 14.4. The molecular weight excluding hydrogens is 558 g/mol. The van der Waals surface area contributed by atoms with Crippen LogP contribution in [-0.2, 0) is 14.5 Å². The van der Waals surface area contributed by atoms with Crippen LogP contribution in [0.5, 0.6) is 0 Å². The number of benzene rings is 1. The number of aromatic nitrogens is 3. The summed E-state index contributed by atoms with van der Waals surface area (Å²) < 4.78 is 47.6. The Hall–Kier alpha value is -3.65. The van der Waals surface area contributed by atoms with E-state index in [1.165, 1.54) is 23.0 Å². The summed E-state index contributed by atoms with van der Waals surface area (Å²) in [7, 11) is -0.509. The van der Waals surface area contributed by atoms with Crippen LogP contribution in [0.4, 0.5) is 14.5 Å². The molecule has 3 heterocycles. The molecule has 2 aliphatic carbocycles. The standard InChI is InChI=1S/C31H34F2N6O2S/c1-35-42(41)15-13-38(14-16-42)23-7-4-21(5-8-23)26-19-39(30-27(33)3-2-12-36-30)37-29(26)24-9-6-22(32)17-25(24)28(40)18-31(20-34)10-11-31/h2-5,7-8,12,19,22,24-25H,6,9-11,13-18H2,1H3/t22-,24+,25+/m0/s1. The number of halogens is 2. The van der Waals surface area contributed by atoms with Crippen LogP contribution in [0.25, 0.3) is 16.9 Å². The number of alkyl halides is 1. The molecule has 0 radical (unpaired) electrons. The van der Waals surface area contributed by atoms with Gasteiger partial charge in [-0.2, -0.15) is 10.4 Å². The van der Waals surface area contributed by atoms with E-state index >= 15 is 0 Å². The molecule has 0 amide bonds. The van der Waals surface area contributed by atoms with Crippen LogP contribution in [0.2, 0.25) is 0 Å². The first-order valence-electron chi connectivity index (χ1n) is 14.5. The number of ketones is 1. The van der Waals surface area contributed by atoms with Gasteiger partial charge in [-0.05, 0) is 61.9 Å². The summed E-state index contributed by atoms with van der Waals surface area (Å²) in [6, 6.07) is 13.1. The highest BCUT2D eigenvalue weighted by molar-refractivity contribution is 7.93. The van der Waals surface area contributed by atoms with E-state index in [1.807, 2.05) is 24.3 Å². The molecule has 1 aliphatic heterocycles. The minimum absolute atomic E-state index is 0.0448. The fourth-order valence-corrected chi connectivity index (χ4v) is 7.88. The van der Waals surface area contributed by atoms with E-state index in [-0.39, 0.29) is 30.4 Å². The van der Waals surface area contributed by atoms with Gasteiger partial charge >= 0.3 is 0 Å². The highest BCUT2D eigenvalue weighted by Gasteiger charge is 2.48. The van der Waals surface area contributed by atoms with Crippen molar-refractivity contribution in [3.63, 3.8) is 0 Å². The summed E-state index contributed by atoms with van der Waals surface area (Å²) in [5.41, 5.74) is 2.57. The molecule has 0 unspecified atom stereocenters. The molecule has 220 valence electrons. The lowest BCUT2D eigenvalue weighted by molar-refractivity contribution is -0.126. The van der Waals surface area contributed by atoms with Gasteiger partial charge in [0.25, 0.3) is 0 Å². The van der Waals surface area contributed by atoms with Crippen molar-refractivity contribution in [2.45, 2.75) is 50.6 Å². The first-order chi connectivity index (χ1) is 20.2. The minimum Gasteiger partial charge on any atom is -0.370 e. The van der Waals surface area contributed by atoms with Gasteiger partial charge in [0.1, 0.15) is 12.0 Å². The second kappa shape index (κ2) is 11.2. The largest absolute Gasteiger partial charge is 0.370 e. The van der Waals surface area contributed by atoms with Crippen molar-refractivity contribution in [1.82, 2.24) is 14.8 Å². The molecule has 2 aromatic heterocycles. The smallest absolute Gasteiger partial charge is 0.189 e. The van der Waals surface area contributed by atoms with Crippen LogP contribution in [0.1, 0.15) is 50.1 Å².